The second-order valence-electron chi connectivity index (χ2n) is 2.63. The fourth-order valence-electron chi connectivity index (χ4n) is 0.938. The molecule has 4 nitrogen and oxygen atoms in total. The third kappa shape index (κ3) is 2.05. The maximum atomic E-state index is 10.9. The van der Waals surface area contributed by atoms with Gasteiger partial charge in [0.2, 0.25) is 0 Å². The van der Waals surface area contributed by atoms with Crippen molar-refractivity contribution < 1.29 is 19.8 Å². The zero-order chi connectivity index (χ0) is 10.0. The van der Waals surface area contributed by atoms with Gasteiger partial charge in [0.25, 0.3) is 0 Å². The maximum Gasteiger partial charge on any atom is 0.335 e. The van der Waals surface area contributed by atoms with E-state index < -0.39 is 5.97 Å². The molecule has 0 aliphatic rings. The standard InChI is InChI=1S/C9H8O4/c1-5(10)6-2-7(9(12)13)4-8(11)3-6/h2-4,11H,1H3,(H,12,13). The Morgan fingerprint density at radius 1 is 1.15 bits per heavy atom. The Morgan fingerprint density at radius 3 is 2.15 bits per heavy atom. The molecule has 4 heteroatoms. The van der Waals surface area contributed by atoms with E-state index in [2.05, 4.69) is 0 Å². The van der Waals surface area contributed by atoms with Gasteiger partial charge in [-0.05, 0) is 25.1 Å². The van der Waals surface area contributed by atoms with Crippen molar-refractivity contribution in [3.05, 3.63) is 29.3 Å². The Balaban J connectivity index is 3.26. The van der Waals surface area contributed by atoms with E-state index in [-0.39, 0.29) is 22.7 Å². The van der Waals surface area contributed by atoms with Crippen LogP contribution in [0.5, 0.6) is 5.75 Å². The van der Waals surface area contributed by atoms with Crippen LogP contribution >= 0.6 is 0 Å². The number of hydrogen-bond acceptors (Lipinski definition) is 3. The summed E-state index contributed by atoms with van der Waals surface area (Å²) in [4.78, 5) is 21.4. The minimum absolute atomic E-state index is 0.0924. The van der Waals surface area contributed by atoms with Crippen LogP contribution in [-0.4, -0.2) is 22.0 Å². The van der Waals surface area contributed by atoms with Crippen molar-refractivity contribution in [1.82, 2.24) is 0 Å². The van der Waals surface area contributed by atoms with Crippen LogP contribution < -0.4 is 0 Å². The summed E-state index contributed by atoms with van der Waals surface area (Å²) < 4.78 is 0. The summed E-state index contributed by atoms with van der Waals surface area (Å²) in [5, 5.41) is 17.7. The lowest BCUT2D eigenvalue weighted by Crippen LogP contribution is -1.99. The molecule has 0 spiro atoms. The number of aromatic hydroxyl groups is 1. The van der Waals surface area contributed by atoms with E-state index in [1.807, 2.05) is 0 Å². The quantitative estimate of drug-likeness (QED) is 0.672. The molecule has 13 heavy (non-hydrogen) atoms. The molecule has 0 aromatic heterocycles. The first-order chi connectivity index (χ1) is 6.00. The van der Waals surface area contributed by atoms with Gasteiger partial charge in [-0.25, -0.2) is 4.79 Å². The molecule has 1 aromatic rings. The lowest BCUT2D eigenvalue weighted by Gasteiger charge is -1.99. The summed E-state index contributed by atoms with van der Waals surface area (Å²) >= 11 is 0. The molecule has 0 radical (unpaired) electrons. The lowest BCUT2D eigenvalue weighted by molar-refractivity contribution is 0.0696. The van der Waals surface area contributed by atoms with E-state index in [4.69, 9.17) is 10.2 Å². The zero-order valence-corrected chi connectivity index (χ0v) is 6.94. The molecule has 0 saturated heterocycles. The molecule has 0 heterocycles. The highest BCUT2D eigenvalue weighted by Gasteiger charge is 2.08. The van der Waals surface area contributed by atoms with Crippen LogP contribution in [0.15, 0.2) is 18.2 Å². The highest BCUT2D eigenvalue weighted by atomic mass is 16.4. The normalized spacial score (nSPS) is 9.62. The van der Waals surface area contributed by atoms with Crippen molar-refractivity contribution in [2.24, 2.45) is 0 Å². The summed E-state index contributed by atoms with van der Waals surface area (Å²) in [5.41, 5.74) is 0.0996. The molecule has 0 aliphatic heterocycles. The van der Waals surface area contributed by atoms with Crippen LogP contribution in [0.1, 0.15) is 27.6 Å². The van der Waals surface area contributed by atoms with Crippen LogP contribution in [0.3, 0.4) is 0 Å². The van der Waals surface area contributed by atoms with Crippen molar-refractivity contribution in [3.8, 4) is 5.75 Å². The topological polar surface area (TPSA) is 74.6 Å². The second kappa shape index (κ2) is 3.26. The molecule has 1 aromatic carbocycles. The Labute approximate surface area is 74.4 Å². The highest BCUT2D eigenvalue weighted by molar-refractivity contribution is 5.98. The number of carboxylic acid groups (broad SMARTS) is 1. The molecule has 1 rings (SSSR count). The zero-order valence-electron chi connectivity index (χ0n) is 6.94. The van der Waals surface area contributed by atoms with Crippen molar-refractivity contribution in [2.45, 2.75) is 6.92 Å². The molecule has 0 saturated carbocycles. The van der Waals surface area contributed by atoms with E-state index in [0.29, 0.717) is 0 Å². The van der Waals surface area contributed by atoms with Gasteiger partial charge in [0, 0.05) is 5.56 Å². The van der Waals surface area contributed by atoms with E-state index in [1.165, 1.54) is 19.1 Å². The van der Waals surface area contributed by atoms with Gasteiger partial charge in [-0.1, -0.05) is 0 Å². The summed E-state index contributed by atoms with van der Waals surface area (Å²) in [6, 6.07) is 3.55. The van der Waals surface area contributed by atoms with Crippen LogP contribution in [0.25, 0.3) is 0 Å². The molecule has 0 atom stereocenters. The number of rotatable bonds is 2. The summed E-state index contributed by atoms with van der Waals surface area (Å²) in [5.74, 6) is -1.66. The smallest absolute Gasteiger partial charge is 0.335 e. The molecular formula is C9H8O4. The number of benzene rings is 1. The van der Waals surface area contributed by atoms with E-state index in [1.54, 1.807) is 0 Å². The van der Waals surface area contributed by atoms with Gasteiger partial charge in [0.15, 0.2) is 5.78 Å². The summed E-state index contributed by atoms with van der Waals surface area (Å²) in [7, 11) is 0. The predicted molar refractivity (Wildman–Crippen MR) is 45.1 cm³/mol. The van der Waals surface area contributed by atoms with Crippen molar-refractivity contribution in [3.63, 3.8) is 0 Å². The molecule has 68 valence electrons. The van der Waals surface area contributed by atoms with Crippen molar-refractivity contribution >= 4 is 11.8 Å². The van der Waals surface area contributed by atoms with E-state index >= 15 is 0 Å². The van der Waals surface area contributed by atoms with Crippen LogP contribution in [0.4, 0.5) is 0 Å². The Kier molecular flexibility index (Phi) is 2.32. The van der Waals surface area contributed by atoms with Gasteiger partial charge in [-0.2, -0.15) is 0 Å². The first-order valence-electron chi connectivity index (χ1n) is 3.59. The van der Waals surface area contributed by atoms with E-state index in [0.717, 1.165) is 6.07 Å². The van der Waals surface area contributed by atoms with Crippen LogP contribution in [0.2, 0.25) is 0 Å². The van der Waals surface area contributed by atoms with Crippen LogP contribution in [0, 0.1) is 0 Å². The molecular weight excluding hydrogens is 172 g/mol. The largest absolute Gasteiger partial charge is 0.508 e. The molecule has 0 unspecified atom stereocenters. The highest BCUT2D eigenvalue weighted by Crippen LogP contribution is 2.16. The number of carbonyl (C=O) groups is 2. The Hall–Kier alpha value is -1.84. The maximum absolute atomic E-state index is 10.9. The Morgan fingerprint density at radius 2 is 1.69 bits per heavy atom. The third-order valence-corrected chi connectivity index (χ3v) is 1.57. The number of ketones is 1. The van der Waals surface area contributed by atoms with Crippen LogP contribution in [-0.2, 0) is 0 Å². The van der Waals surface area contributed by atoms with Gasteiger partial charge in [0.05, 0.1) is 5.56 Å². The summed E-state index contributed by atoms with van der Waals surface area (Å²) in [6.45, 7) is 1.31. The third-order valence-electron chi connectivity index (χ3n) is 1.57. The molecule has 0 bridgehead atoms. The minimum Gasteiger partial charge on any atom is -0.508 e. The Bertz CT molecular complexity index is 336. The fourth-order valence-corrected chi connectivity index (χ4v) is 0.938. The number of Topliss-reactive ketones (excluding diaryl/α,β-unsaturated/α-hetero) is 1. The first kappa shape index (κ1) is 9.25. The van der Waals surface area contributed by atoms with Gasteiger partial charge in [0.1, 0.15) is 5.75 Å². The number of hydrogen-bond donors (Lipinski definition) is 2. The number of phenols is 1. The second-order valence-corrected chi connectivity index (χ2v) is 2.63. The molecule has 0 amide bonds. The molecule has 0 fully saturated rings. The van der Waals surface area contributed by atoms with Crippen molar-refractivity contribution in [2.75, 3.05) is 0 Å². The SMILES string of the molecule is CC(=O)c1cc(O)cc(C(=O)O)c1. The van der Waals surface area contributed by atoms with Gasteiger partial charge < -0.3 is 10.2 Å². The first-order valence-corrected chi connectivity index (χ1v) is 3.59. The average Bonchev–Trinajstić information content (AvgIpc) is 2.03. The lowest BCUT2D eigenvalue weighted by atomic mass is 10.1. The fraction of sp³-hybridized carbons (Fsp3) is 0.111. The molecule has 0 aliphatic carbocycles. The van der Waals surface area contributed by atoms with Gasteiger partial charge in [-0.15, -0.1) is 0 Å². The number of carbonyl (C=O) groups excluding carboxylic acids is 1. The summed E-state index contributed by atoms with van der Waals surface area (Å²) in [6.07, 6.45) is 0. The number of carboxylic acids is 1. The van der Waals surface area contributed by atoms with Gasteiger partial charge >= 0.3 is 5.97 Å². The van der Waals surface area contributed by atoms with Crippen molar-refractivity contribution in [1.29, 1.82) is 0 Å². The predicted octanol–water partition coefficient (Wildman–Crippen LogP) is 1.29. The van der Waals surface area contributed by atoms with E-state index in [9.17, 15) is 9.59 Å². The minimum atomic E-state index is -1.17. The average molecular weight is 180 g/mol. The van der Waals surface area contributed by atoms with Gasteiger partial charge in [-0.3, -0.25) is 4.79 Å². The monoisotopic (exact) mass is 180 g/mol. The number of phenolic OH excluding ortho intramolecular Hbond substituents is 1. The molecule has 2 N–H and O–H groups in total. The number of aromatic carboxylic acids is 1.